The van der Waals surface area contributed by atoms with E-state index in [1.807, 2.05) is 31.7 Å². The van der Waals surface area contributed by atoms with Crippen LogP contribution in [0.1, 0.15) is 32.3 Å². The highest BCUT2D eigenvalue weighted by Gasteiger charge is 2.18. The summed E-state index contributed by atoms with van der Waals surface area (Å²) >= 11 is 5.33. The number of hydrogen-bond acceptors (Lipinski definition) is 2. The molecular weight excluding hydrogens is 330 g/mol. The van der Waals surface area contributed by atoms with Crippen molar-refractivity contribution in [3.63, 3.8) is 0 Å². The van der Waals surface area contributed by atoms with E-state index >= 15 is 0 Å². The maximum Gasteiger partial charge on any atom is 0.142 e. The molecule has 1 heterocycles. The summed E-state index contributed by atoms with van der Waals surface area (Å²) in [6.45, 7) is 4.03. The molecule has 0 aliphatic carbocycles. The van der Waals surface area contributed by atoms with E-state index in [9.17, 15) is 4.21 Å². The molecule has 0 fully saturated rings. The summed E-state index contributed by atoms with van der Waals surface area (Å²) < 4.78 is 17.5. The lowest BCUT2D eigenvalue weighted by Crippen LogP contribution is -2.14. The van der Waals surface area contributed by atoms with E-state index in [-0.39, 0.29) is 5.25 Å². The Balaban J connectivity index is 2.35. The van der Waals surface area contributed by atoms with Gasteiger partial charge in [0.05, 0.1) is 11.0 Å². The van der Waals surface area contributed by atoms with Crippen molar-refractivity contribution in [2.24, 2.45) is 4.40 Å². The number of halogens is 1. The van der Waals surface area contributed by atoms with Gasteiger partial charge >= 0.3 is 0 Å². The zero-order valence-electron chi connectivity index (χ0n) is 10.5. The molecule has 0 aromatic heterocycles. The van der Waals surface area contributed by atoms with E-state index in [2.05, 4.69) is 32.5 Å². The molecule has 0 bridgehead atoms. The van der Waals surface area contributed by atoms with E-state index in [4.69, 9.17) is 0 Å². The van der Waals surface area contributed by atoms with Crippen LogP contribution in [0.2, 0.25) is 0 Å². The average Bonchev–Trinajstić information content (AvgIpc) is 2.38. The molecule has 1 aromatic carbocycles. The van der Waals surface area contributed by atoms with Gasteiger partial charge in [-0.25, -0.2) is 4.21 Å². The van der Waals surface area contributed by atoms with E-state index in [1.165, 1.54) is 4.90 Å². The molecule has 1 aliphatic rings. The summed E-state index contributed by atoms with van der Waals surface area (Å²) in [5.74, 6) is 1.02. The molecule has 2 nitrogen and oxygen atoms in total. The topological polar surface area (TPSA) is 29.4 Å². The minimum atomic E-state index is -1.11. The second kappa shape index (κ2) is 6.35. The van der Waals surface area contributed by atoms with Crippen LogP contribution in [0.4, 0.5) is 0 Å². The molecule has 2 rings (SSSR count). The third kappa shape index (κ3) is 3.25. The molecular formula is C13H16BrNOS2. The number of benzene rings is 1. The van der Waals surface area contributed by atoms with Crippen LogP contribution in [0.5, 0.6) is 0 Å². The minimum Gasteiger partial charge on any atom is -0.235 e. The quantitative estimate of drug-likeness (QED) is 0.821. The lowest BCUT2D eigenvalue weighted by Gasteiger charge is -2.18. The van der Waals surface area contributed by atoms with Crippen molar-refractivity contribution in [2.45, 2.75) is 36.8 Å². The van der Waals surface area contributed by atoms with Gasteiger partial charge in [-0.1, -0.05) is 22.9 Å². The first-order valence-electron chi connectivity index (χ1n) is 6.02. The van der Waals surface area contributed by atoms with E-state index in [0.717, 1.165) is 34.3 Å². The van der Waals surface area contributed by atoms with Crippen LogP contribution in [0.25, 0.3) is 0 Å². The van der Waals surface area contributed by atoms with Crippen molar-refractivity contribution >= 4 is 44.4 Å². The third-order valence-electron chi connectivity index (χ3n) is 2.97. The Hall–Kier alpha value is -0.130. The molecule has 0 saturated carbocycles. The lowest BCUT2D eigenvalue weighted by molar-refractivity contribution is 0.671. The van der Waals surface area contributed by atoms with Crippen molar-refractivity contribution in [1.82, 2.24) is 0 Å². The van der Waals surface area contributed by atoms with Gasteiger partial charge in [-0.2, -0.15) is 4.40 Å². The Morgan fingerprint density at radius 1 is 1.56 bits per heavy atom. The van der Waals surface area contributed by atoms with E-state index in [1.54, 1.807) is 0 Å². The van der Waals surface area contributed by atoms with Crippen LogP contribution in [0.15, 0.2) is 32.0 Å². The highest BCUT2D eigenvalue weighted by atomic mass is 79.9. The van der Waals surface area contributed by atoms with Crippen LogP contribution in [0.3, 0.4) is 0 Å². The van der Waals surface area contributed by atoms with Gasteiger partial charge in [-0.05, 0) is 31.5 Å². The predicted molar refractivity (Wildman–Crippen MR) is 83.9 cm³/mol. The summed E-state index contributed by atoms with van der Waals surface area (Å²) in [7, 11) is -1.11. The van der Waals surface area contributed by atoms with Gasteiger partial charge in [0.25, 0.3) is 0 Å². The molecule has 0 spiro atoms. The minimum absolute atomic E-state index is 0.127. The molecule has 5 heteroatoms. The monoisotopic (exact) mass is 345 g/mol. The van der Waals surface area contributed by atoms with Gasteiger partial charge in [0, 0.05) is 27.1 Å². The van der Waals surface area contributed by atoms with E-state index < -0.39 is 11.0 Å². The zero-order valence-corrected chi connectivity index (χ0v) is 13.7. The fourth-order valence-corrected chi connectivity index (χ4v) is 3.93. The Labute approximate surface area is 123 Å². The number of thioether (sulfide) groups is 1. The molecule has 0 saturated heterocycles. The van der Waals surface area contributed by atoms with Crippen molar-refractivity contribution in [3.8, 4) is 0 Å². The third-order valence-corrected chi connectivity index (χ3v) is 5.96. The second-order valence-corrected chi connectivity index (χ2v) is 7.86. The first kappa shape index (κ1) is 14.3. The highest BCUT2D eigenvalue weighted by molar-refractivity contribution is 9.10. The smallest absolute Gasteiger partial charge is 0.142 e. The maximum atomic E-state index is 12.0. The summed E-state index contributed by atoms with van der Waals surface area (Å²) in [5, 5.41) is 0.127. The molecule has 18 heavy (non-hydrogen) atoms. The van der Waals surface area contributed by atoms with Gasteiger partial charge in [0.2, 0.25) is 0 Å². The average molecular weight is 346 g/mol. The first-order chi connectivity index (χ1) is 8.61. The molecule has 1 aromatic rings. The van der Waals surface area contributed by atoms with Gasteiger partial charge in [0.1, 0.15) is 11.0 Å². The molecule has 0 N–H and O–H groups in total. The lowest BCUT2D eigenvalue weighted by atomic mass is 10.1. The summed E-state index contributed by atoms with van der Waals surface area (Å²) in [4.78, 5) is 1.24. The normalized spacial score (nSPS) is 20.5. The second-order valence-electron chi connectivity index (χ2n) is 4.27. The standard InChI is InChI=1S/C13H16BrNOS2/c1-3-9(2)18(16)15-12-6-7-17-13-5-4-10(14)8-11(12)13/h4-5,8-9H,3,6-7H2,1-2H3/t9-,18?/m1/s1. The van der Waals surface area contributed by atoms with Gasteiger partial charge in [-0.3, -0.25) is 0 Å². The van der Waals surface area contributed by atoms with Crippen molar-refractivity contribution < 1.29 is 4.21 Å². The number of fused-ring (bicyclic) bond motifs is 1. The largest absolute Gasteiger partial charge is 0.235 e. The SMILES string of the molecule is CC[C@@H](C)S(=O)N=C1CCSc2ccc(Br)cc21. The van der Waals surface area contributed by atoms with Crippen LogP contribution < -0.4 is 0 Å². The maximum absolute atomic E-state index is 12.0. The van der Waals surface area contributed by atoms with Gasteiger partial charge in [-0.15, -0.1) is 11.8 Å². The van der Waals surface area contributed by atoms with Crippen LogP contribution >= 0.6 is 27.7 Å². The predicted octanol–water partition coefficient (Wildman–Crippen LogP) is 4.20. The van der Waals surface area contributed by atoms with E-state index in [0.29, 0.717) is 0 Å². The summed E-state index contributed by atoms with van der Waals surface area (Å²) in [6, 6.07) is 6.22. The van der Waals surface area contributed by atoms with Gasteiger partial charge < -0.3 is 0 Å². The molecule has 1 unspecified atom stereocenters. The van der Waals surface area contributed by atoms with Crippen LogP contribution in [-0.2, 0) is 11.0 Å². The molecule has 0 amide bonds. The Kier molecular flexibility index (Phi) is 5.04. The fraction of sp³-hybridized carbons (Fsp3) is 0.462. The fourth-order valence-electron chi connectivity index (χ4n) is 1.68. The number of nitrogens with zero attached hydrogens (tertiary/aromatic N) is 1. The van der Waals surface area contributed by atoms with Crippen molar-refractivity contribution in [1.29, 1.82) is 0 Å². The Morgan fingerprint density at radius 2 is 2.33 bits per heavy atom. The number of rotatable bonds is 3. The molecule has 2 atom stereocenters. The molecule has 1 aliphatic heterocycles. The highest BCUT2D eigenvalue weighted by Crippen LogP contribution is 2.32. The Bertz CT molecular complexity index is 502. The van der Waals surface area contributed by atoms with Crippen molar-refractivity contribution in [3.05, 3.63) is 28.2 Å². The first-order valence-corrected chi connectivity index (χ1v) is 8.97. The zero-order chi connectivity index (χ0) is 13.1. The van der Waals surface area contributed by atoms with Gasteiger partial charge in [0.15, 0.2) is 0 Å². The van der Waals surface area contributed by atoms with Crippen LogP contribution in [-0.4, -0.2) is 20.9 Å². The van der Waals surface area contributed by atoms with Crippen LogP contribution in [0, 0.1) is 0 Å². The van der Waals surface area contributed by atoms with Crippen molar-refractivity contribution in [2.75, 3.05) is 5.75 Å². The number of hydrogen-bond donors (Lipinski definition) is 0. The summed E-state index contributed by atoms with van der Waals surface area (Å²) in [5.41, 5.74) is 2.13. The summed E-state index contributed by atoms with van der Waals surface area (Å²) in [6.07, 6.45) is 1.79. The molecule has 0 radical (unpaired) electrons. The molecule has 98 valence electrons. The Morgan fingerprint density at radius 3 is 3.06 bits per heavy atom.